The lowest BCUT2D eigenvalue weighted by atomic mass is 9.77. The molecule has 0 aliphatic heterocycles. The van der Waals surface area contributed by atoms with Crippen molar-refractivity contribution >= 4 is 11.8 Å². The molecule has 1 aliphatic rings. The highest BCUT2D eigenvalue weighted by molar-refractivity contribution is 7.99. The van der Waals surface area contributed by atoms with E-state index in [0.717, 1.165) is 18.2 Å². The SMILES string of the molecule is CCCNC(c1ccc(SCC)cc1)C1CCC1. The van der Waals surface area contributed by atoms with Gasteiger partial charge in [-0.05, 0) is 55.2 Å². The van der Waals surface area contributed by atoms with Crippen molar-refractivity contribution in [2.24, 2.45) is 5.92 Å². The average molecular weight is 263 g/mol. The summed E-state index contributed by atoms with van der Waals surface area (Å²) >= 11 is 1.92. The topological polar surface area (TPSA) is 12.0 Å². The third-order valence-electron chi connectivity index (χ3n) is 3.79. The number of rotatable bonds is 7. The van der Waals surface area contributed by atoms with E-state index in [4.69, 9.17) is 0 Å². The van der Waals surface area contributed by atoms with Gasteiger partial charge in [-0.3, -0.25) is 0 Å². The van der Waals surface area contributed by atoms with Gasteiger partial charge >= 0.3 is 0 Å². The van der Waals surface area contributed by atoms with E-state index in [-0.39, 0.29) is 0 Å². The molecule has 0 heterocycles. The first kappa shape index (κ1) is 14.0. The molecule has 1 N–H and O–H groups in total. The Hall–Kier alpha value is -0.470. The van der Waals surface area contributed by atoms with Crippen LogP contribution in [-0.4, -0.2) is 12.3 Å². The second-order valence-corrected chi connectivity index (χ2v) is 6.46. The fourth-order valence-corrected chi connectivity index (χ4v) is 3.23. The van der Waals surface area contributed by atoms with Gasteiger partial charge in [0.15, 0.2) is 0 Å². The molecule has 1 atom stereocenters. The van der Waals surface area contributed by atoms with Gasteiger partial charge in [0.1, 0.15) is 0 Å². The summed E-state index contributed by atoms with van der Waals surface area (Å²) in [6.45, 7) is 5.58. The molecule has 1 aromatic rings. The van der Waals surface area contributed by atoms with Gasteiger partial charge in [-0.1, -0.05) is 32.4 Å². The predicted octanol–water partition coefficient (Wildman–Crippen LogP) is 4.64. The van der Waals surface area contributed by atoms with Crippen LogP contribution in [0.25, 0.3) is 0 Å². The second-order valence-electron chi connectivity index (χ2n) is 5.12. The Balaban J connectivity index is 2.03. The maximum Gasteiger partial charge on any atom is 0.0348 e. The molecule has 18 heavy (non-hydrogen) atoms. The maximum atomic E-state index is 3.73. The minimum atomic E-state index is 0.583. The van der Waals surface area contributed by atoms with E-state index in [0.29, 0.717) is 6.04 Å². The minimum absolute atomic E-state index is 0.583. The van der Waals surface area contributed by atoms with Crippen LogP contribution in [0.4, 0.5) is 0 Å². The fourth-order valence-electron chi connectivity index (χ4n) is 2.57. The van der Waals surface area contributed by atoms with Crippen molar-refractivity contribution in [2.75, 3.05) is 12.3 Å². The summed E-state index contributed by atoms with van der Waals surface area (Å²) in [5.74, 6) is 2.01. The van der Waals surface area contributed by atoms with Gasteiger partial charge in [0.25, 0.3) is 0 Å². The van der Waals surface area contributed by atoms with Crippen molar-refractivity contribution in [1.29, 1.82) is 0 Å². The summed E-state index contributed by atoms with van der Waals surface area (Å²) in [4.78, 5) is 1.39. The van der Waals surface area contributed by atoms with Crippen LogP contribution < -0.4 is 5.32 Å². The van der Waals surface area contributed by atoms with Crippen LogP contribution >= 0.6 is 11.8 Å². The van der Waals surface area contributed by atoms with Crippen LogP contribution in [0, 0.1) is 5.92 Å². The lowest BCUT2D eigenvalue weighted by Crippen LogP contribution is -2.32. The summed E-state index contributed by atoms with van der Waals surface area (Å²) < 4.78 is 0. The van der Waals surface area contributed by atoms with Gasteiger partial charge in [-0.15, -0.1) is 11.8 Å². The number of nitrogens with one attached hydrogen (secondary N) is 1. The van der Waals surface area contributed by atoms with Gasteiger partial charge in [-0.2, -0.15) is 0 Å². The van der Waals surface area contributed by atoms with E-state index in [1.54, 1.807) is 0 Å². The molecule has 0 spiro atoms. The molecule has 100 valence electrons. The number of hydrogen-bond acceptors (Lipinski definition) is 2. The van der Waals surface area contributed by atoms with Crippen molar-refractivity contribution in [3.8, 4) is 0 Å². The van der Waals surface area contributed by atoms with Crippen molar-refractivity contribution in [3.63, 3.8) is 0 Å². The highest BCUT2D eigenvalue weighted by Crippen LogP contribution is 2.38. The molecule has 1 saturated carbocycles. The van der Waals surface area contributed by atoms with Crippen molar-refractivity contribution in [2.45, 2.75) is 50.5 Å². The Labute approximate surface area is 116 Å². The number of benzene rings is 1. The van der Waals surface area contributed by atoms with E-state index < -0.39 is 0 Å². The van der Waals surface area contributed by atoms with Crippen molar-refractivity contribution < 1.29 is 0 Å². The average Bonchev–Trinajstić information content (AvgIpc) is 2.33. The monoisotopic (exact) mass is 263 g/mol. The highest BCUT2D eigenvalue weighted by atomic mass is 32.2. The zero-order valence-corrected chi connectivity index (χ0v) is 12.4. The van der Waals surface area contributed by atoms with Crippen LogP contribution in [0.5, 0.6) is 0 Å². The Kier molecular flexibility index (Phi) is 5.58. The summed E-state index contributed by atoms with van der Waals surface area (Å²) in [6, 6.07) is 9.79. The Morgan fingerprint density at radius 2 is 1.94 bits per heavy atom. The Morgan fingerprint density at radius 3 is 2.44 bits per heavy atom. The second kappa shape index (κ2) is 7.20. The molecule has 1 aliphatic carbocycles. The Morgan fingerprint density at radius 1 is 1.22 bits per heavy atom. The lowest BCUT2D eigenvalue weighted by molar-refractivity contribution is 0.231. The lowest BCUT2D eigenvalue weighted by Gasteiger charge is -2.35. The Bertz CT molecular complexity index is 343. The summed E-state index contributed by atoms with van der Waals surface area (Å²) in [6.07, 6.45) is 5.42. The van der Waals surface area contributed by atoms with Crippen LogP contribution in [-0.2, 0) is 0 Å². The van der Waals surface area contributed by atoms with Gasteiger partial charge in [0, 0.05) is 10.9 Å². The third kappa shape index (κ3) is 3.52. The summed E-state index contributed by atoms with van der Waals surface area (Å²) in [5.41, 5.74) is 1.48. The standard InChI is InChI=1S/C16H25NS/c1-3-12-17-16(13-6-5-7-13)14-8-10-15(11-9-14)18-4-2/h8-11,13,16-17H,3-7,12H2,1-2H3. The van der Waals surface area contributed by atoms with Gasteiger partial charge in [0.05, 0.1) is 0 Å². The third-order valence-corrected chi connectivity index (χ3v) is 4.68. The molecule has 0 radical (unpaired) electrons. The zero-order chi connectivity index (χ0) is 12.8. The maximum absolute atomic E-state index is 3.73. The van der Waals surface area contributed by atoms with E-state index in [9.17, 15) is 0 Å². The molecule has 2 rings (SSSR count). The first-order valence-electron chi connectivity index (χ1n) is 7.31. The van der Waals surface area contributed by atoms with E-state index in [2.05, 4.69) is 43.4 Å². The molecule has 0 amide bonds. The molecule has 2 heteroatoms. The molecule has 1 fully saturated rings. The van der Waals surface area contributed by atoms with E-state index in [1.165, 1.54) is 36.1 Å². The minimum Gasteiger partial charge on any atom is -0.310 e. The molecular weight excluding hydrogens is 238 g/mol. The molecular formula is C16H25NS. The summed E-state index contributed by atoms with van der Waals surface area (Å²) in [5, 5.41) is 3.73. The fraction of sp³-hybridized carbons (Fsp3) is 0.625. The van der Waals surface area contributed by atoms with Crippen LogP contribution in [0.15, 0.2) is 29.2 Å². The molecule has 0 saturated heterocycles. The highest BCUT2D eigenvalue weighted by Gasteiger charge is 2.27. The predicted molar refractivity (Wildman–Crippen MR) is 81.2 cm³/mol. The van der Waals surface area contributed by atoms with Gasteiger partial charge < -0.3 is 5.32 Å². The largest absolute Gasteiger partial charge is 0.310 e. The molecule has 0 aromatic heterocycles. The molecule has 1 unspecified atom stereocenters. The smallest absolute Gasteiger partial charge is 0.0348 e. The quantitative estimate of drug-likeness (QED) is 0.719. The van der Waals surface area contributed by atoms with E-state index >= 15 is 0 Å². The first-order chi connectivity index (χ1) is 8.85. The number of hydrogen-bond donors (Lipinski definition) is 1. The molecule has 0 bridgehead atoms. The number of thioether (sulfide) groups is 1. The van der Waals surface area contributed by atoms with Gasteiger partial charge in [0.2, 0.25) is 0 Å². The van der Waals surface area contributed by atoms with Crippen LogP contribution in [0.2, 0.25) is 0 Å². The van der Waals surface area contributed by atoms with Gasteiger partial charge in [-0.25, -0.2) is 0 Å². The molecule has 1 aromatic carbocycles. The van der Waals surface area contributed by atoms with Crippen LogP contribution in [0.3, 0.4) is 0 Å². The normalized spacial score (nSPS) is 17.4. The van der Waals surface area contributed by atoms with Crippen molar-refractivity contribution in [3.05, 3.63) is 29.8 Å². The summed E-state index contributed by atoms with van der Waals surface area (Å²) in [7, 11) is 0. The van der Waals surface area contributed by atoms with E-state index in [1.807, 2.05) is 11.8 Å². The first-order valence-corrected chi connectivity index (χ1v) is 8.29. The zero-order valence-electron chi connectivity index (χ0n) is 11.6. The van der Waals surface area contributed by atoms with Crippen LogP contribution in [0.1, 0.15) is 51.1 Å². The van der Waals surface area contributed by atoms with Crippen molar-refractivity contribution in [1.82, 2.24) is 5.32 Å². The molecule has 1 nitrogen and oxygen atoms in total.